The van der Waals surface area contributed by atoms with Gasteiger partial charge in [0.1, 0.15) is 5.82 Å². The van der Waals surface area contributed by atoms with Crippen LogP contribution in [0.4, 0.5) is 4.39 Å². The van der Waals surface area contributed by atoms with Crippen LogP contribution in [0.1, 0.15) is 18.4 Å². The van der Waals surface area contributed by atoms with Crippen molar-refractivity contribution in [1.29, 1.82) is 0 Å². The van der Waals surface area contributed by atoms with Gasteiger partial charge in [0, 0.05) is 13.2 Å². The second-order valence-electron chi connectivity index (χ2n) is 4.37. The van der Waals surface area contributed by atoms with Crippen molar-refractivity contribution in [3.8, 4) is 0 Å². The van der Waals surface area contributed by atoms with E-state index in [0.717, 1.165) is 0 Å². The van der Waals surface area contributed by atoms with Gasteiger partial charge in [-0.2, -0.15) is 0 Å². The molecule has 0 atom stereocenters. The maximum atomic E-state index is 13.0. The van der Waals surface area contributed by atoms with Gasteiger partial charge in [0.05, 0.1) is 16.0 Å². The van der Waals surface area contributed by atoms with Gasteiger partial charge in [-0.15, -0.1) is 0 Å². The molecular weight excluding hydrogens is 279 g/mol. The first-order valence-corrected chi connectivity index (χ1v) is 7.81. The first kappa shape index (κ1) is 13.8. The molecule has 100 valence electrons. The molecular formula is C12H14ClFO3S. The Morgan fingerprint density at radius 3 is 2.61 bits per heavy atom. The predicted molar refractivity (Wildman–Crippen MR) is 67.9 cm³/mol. The number of rotatable bonds is 3. The van der Waals surface area contributed by atoms with Crippen LogP contribution in [-0.4, -0.2) is 26.9 Å². The largest absolute Gasteiger partial charge is 0.381 e. The van der Waals surface area contributed by atoms with Gasteiger partial charge >= 0.3 is 0 Å². The minimum Gasteiger partial charge on any atom is -0.381 e. The second-order valence-corrected chi connectivity index (χ2v) is 7.06. The van der Waals surface area contributed by atoms with E-state index >= 15 is 0 Å². The minimum absolute atomic E-state index is 0.0466. The Morgan fingerprint density at radius 1 is 1.33 bits per heavy atom. The average molecular weight is 293 g/mol. The summed E-state index contributed by atoms with van der Waals surface area (Å²) in [7, 11) is -3.23. The van der Waals surface area contributed by atoms with Gasteiger partial charge in [-0.05, 0) is 30.5 Å². The number of sulfone groups is 1. The Hall–Kier alpha value is -0.650. The highest BCUT2D eigenvalue weighted by molar-refractivity contribution is 7.91. The van der Waals surface area contributed by atoms with Crippen molar-refractivity contribution in [3.63, 3.8) is 0 Å². The lowest BCUT2D eigenvalue weighted by atomic mass is 10.2. The fourth-order valence-electron chi connectivity index (χ4n) is 2.01. The molecule has 0 aromatic heterocycles. The summed E-state index contributed by atoms with van der Waals surface area (Å²) in [6, 6.07) is 4.02. The van der Waals surface area contributed by atoms with Crippen molar-refractivity contribution in [2.75, 3.05) is 13.2 Å². The van der Waals surface area contributed by atoms with Crippen molar-refractivity contribution in [1.82, 2.24) is 0 Å². The van der Waals surface area contributed by atoms with Crippen molar-refractivity contribution < 1.29 is 17.5 Å². The Morgan fingerprint density at radius 2 is 2.00 bits per heavy atom. The molecule has 1 heterocycles. The monoisotopic (exact) mass is 292 g/mol. The normalized spacial score (nSPS) is 17.9. The molecule has 6 heteroatoms. The summed E-state index contributed by atoms with van der Waals surface area (Å²) in [6.07, 6.45) is 1.05. The third-order valence-corrected chi connectivity index (χ3v) is 5.54. The number of benzene rings is 1. The zero-order valence-electron chi connectivity index (χ0n) is 9.73. The van der Waals surface area contributed by atoms with Crippen molar-refractivity contribution in [3.05, 3.63) is 34.6 Å². The fourth-order valence-corrected chi connectivity index (χ4v) is 4.01. The molecule has 0 aliphatic carbocycles. The lowest BCUT2D eigenvalue weighted by molar-refractivity contribution is 0.0983. The van der Waals surface area contributed by atoms with Gasteiger partial charge in [-0.3, -0.25) is 0 Å². The van der Waals surface area contributed by atoms with Gasteiger partial charge < -0.3 is 4.74 Å². The predicted octanol–water partition coefficient (Wildman–Crippen LogP) is 2.57. The molecule has 1 aromatic carbocycles. The molecule has 0 radical (unpaired) electrons. The molecule has 0 unspecified atom stereocenters. The molecule has 0 bridgehead atoms. The van der Waals surface area contributed by atoms with E-state index in [-0.39, 0.29) is 16.0 Å². The van der Waals surface area contributed by atoms with Crippen LogP contribution in [0.5, 0.6) is 0 Å². The Kier molecular flexibility index (Phi) is 4.25. The Bertz CT molecular complexity index is 524. The van der Waals surface area contributed by atoms with Gasteiger partial charge in [0.15, 0.2) is 9.84 Å². The molecule has 1 aliphatic heterocycles. The van der Waals surface area contributed by atoms with Crippen molar-refractivity contribution in [2.45, 2.75) is 23.8 Å². The quantitative estimate of drug-likeness (QED) is 0.860. The van der Waals surface area contributed by atoms with E-state index in [1.807, 2.05) is 0 Å². The van der Waals surface area contributed by atoms with Crippen LogP contribution in [0, 0.1) is 5.82 Å². The van der Waals surface area contributed by atoms with E-state index < -0.39 is 15.7 Å². The summed E-state index contributed by atoms with van der Waals surface area (Å²) in [5.74, 6) is -0.638. The first-order chi connectivity index (χ1) is 8.49. The van der Waals surface area contributed by atoms with Crippen LogP contribution in [0.25, 0.3) is 0 Å². The summed E-state index contributed by atoms with van der Waals surface area (Å²) in [6.45, 7) is 0.960. The molecule has 2 rings (SSSR count). The lowest BCUT2D eigenvalue weighted by Crippen LogP contribution is -2.29. The molecule has 0 spiro atoms. The summed E-state index contributed by atoms with van der Waals surface area (Å²) in [5.41, 5.74) is 0.521. The number of hydrogen-bond acceptors (Lipinski definition) is 3. The molecule has 1 aromatic rings. The number of hydrogen-bond donors (Lipinski definition) is 0. The van der Waals surface area contributed by atoms with E-state index in [1.165, 1.54) is 18.2 Å². The van der Waals surface area contributed by atoms with Crippen molar-refractivity contribution >= 4 is 21.4 Å². The summed E-state index contributed by atoms with van der Waals surface area (Å²) < 4.78 is 42.5. The van der Waals surface area contributed by atoms with Crippen LogP contribution in [0.2, 0.25) is 5.02 Å². The summed E-state index contributed by atoms with van der Waals surface area (Å²) in [5, 5.41) is -0.412. The smallest absolute Gasteiger partial charge is 0.157 e. The van der Waals surface area contributed by atoms with Gasteiger partial charge in [-0.25, -0.2) is 12.8 Å². The van der Waals surface area contributed by atoms with E-state index in [1.54, 1.807) is 0 Å². The highest BCUT2D eigenvalue weighted by Crippen LogP contribution is 2.22. The standard InChI is InChI=1S/C12H14ClFO3S/c13-11-7-9(1-2-12(11)14)8-18(15,16)10-3-5-17-6-4-10/h1-2,7,10H,3-6,8H2. The molecule has 3 nitrogen and oxygen atoms in total. The third-order valence-electron chi connectivity index (χ3n) is 3.03. The molecule has 1 aliphatic rings. The van der Waals surface area contributed by atoms with E-state index in [0.29, 0.717) is 31.6 Å². The molecule has 0 saturated carbocycles. The van der Waals surface area contributed by atoms with Crippen LogP contribution in [0.15, 0.2) is 18.2 Å². The maximum absolute atomic E-state index is 13.0. The second kappa shape index (κ2) is 5.55. The first-order valence-electron chi connectivity index (χ1n) is 5.72. The van der Waals surface area contributed by atoms with Crippen LogP contribution in [0.3, 0.4) is 0 Å². The topological polar surface area (TPSA) is 43.4 Å². The Labute approximate surface area is 111 Å². The zero-order valence-corrected chi connectivity index (χ0v) is 11.3. The molecule has 0 amide bonds. The molecule has 1 fully saturated rings. The lowest BCUT2D eigenvalue weighted by Gasteiger charge is -2.22. The minimum atomic E-state index is -3.23. The fraction of sp³-hybridized carbons (Fsp3) is 0.500. The number of halogens is 2. The van der Waals surface area contributed by atoms with Crippen LogP contribution < -0.4 is 0 Å². The molecule has 1 saturated heterocycles. The Balaban J connectivity index is 2.13. The highest BCUT2D eigenvalue weighted by Gasteiger charge is 2.27. The van der Waals surface area contributed by atoms with Crippen LogP contribution >= 0.6 is 11.6 Å². The van der Waals surface area contributed by atoms with Gasteiger partial charge in [0.2, 0.25) is 0 Å². The third kappa shape index (κ3) is 3.22. The van der Waals surface area contributed by atoms with Crippen molar-refractivity contribution in [2.24, 2.45) is 0 Å². The van der Waals surface area contributed by atoms with Gasteiger partial charge in [0.25, 0.3) is 0 Å². The zero-order chi connectivity index (χ0) is 13.2. The molecule has 0 N–H and O–H groups in total. The van der Waals surface area contributed by atoms with E-state index in [9.17, 15) is 12.8 Å². The van der Waals surface area contributed by atoms with E-state index in [4.69, 9.17) is 16.3 Å². The average Bonchev–Trinajstić information content (AvgIpc) is 2.35. The summed E-state index contributed by atoms with van der Waals surface area (Å²) >= 11 is 5.64. The SMILES string of the molecule is O=S(=O)(Cc1ccc(F)c(Cl)c1)C1CCOCC1. The molecule has 18 heavy (non-hydrogen) atoms. The summed E-state index contributed by atoms with van der Waals surface area (Å²) in [4.78, 5) is 0. The van der Waals surface area contributed by atoms with Crippen LogP contribution in [-0.2, 0) is 20.3 Å². The number of ether oxygens (including phenoxy) is 1. The highest BCUT2D eigenvalue weighted by atomic mass is 35.5. The maximum Gasteiger partial charge on any atom is 0.157 e. The van der Waals surface area contributed by atoms with E-state index in [2.05, 4.69) is 0 Å². The van der Waals surface area contributed by atoms with Gasteiger partial charge in [-0.1, -0.05) is 17.7 Å².